The summed E-state index contributed by atoms with van der Waals surface area (Å²) >= 11 is 0. The summed E-state index contributed by atoms with van der Waals surface area (Å²) in [4.78, 5) is 0. The number of methoxy groups -OCH3 is 2. The number of benzene rings is 1. The van der Waals surface area contributed by atoms with Gasteiger partial charge in [-0.15, -0.1) is 0 Å². The molecule has 0 unspecified atom stereocenters. The SMILES string of the molecule is COc1cc(OC)c2c(ccn2CCN)c1. The molecular weight excluding hydrogens is 204 g/mol. The topological polar surface area (TPSA) is 49.4 Å². The van der Waals surface area contributed by atoms with Crippen molar-refractivity contribution >= 4 is 10.9 Å². The van der Waals surface area contributed by atoms with Gasteiger partial charge in [0, 0.05) is 30.7 Å². The molecule has 4 nitrogen and oxygen atoms in total. The first-order valence-electron chi connectivity index (χ1n) is 5.21. The molecule has 0 spiro atoms. The van der Waals surface area contributed by atoms with Crippen molar-refractivity contribution in [2.24, 2.45) is 5.73 Å². The van der Waals surface area contributed by atoms with Crippen LogP contribution in [0.15, 0.2) is 24.4 Å². The smallest absolute Gasteiger partial charge is 0.146 e. The van der Waals surface area contributed by atoms with Crippen molar-refractivity contribution in [1.29, 1.82) is 0 Å². The maximum absolute atomic E-state index is 5.57. The van der Waals surface area contributed by atoms with E-state index >= 15 is 0 Å². The fourth-order valence-electron chi connectivity index (χ4n) is 1.88. The van der Waals surface area contributed by atoms with Gasteiger partial charge in [0.15, 0.2) is 0 Å². The van der Waals surface area contributed by atoms with E-state index in [1.54, 1.807) is 14.2 Å². The zero-order valence-corrected chi connectivity index (χ0v) is 9.56. The summed E-state index contributed by atoms with van der Waals surface area (Å²) < 4.78 is 12.7. The first-order chi connectivity index (χ1) is 7.80. The Labute approximate surface area is 94.6 Å². The molecule has 2 rings (SSSR count). The Morgan fingerprint density at radius 2 is 2.06 bits per heavy atom. The minimum absolute atomic E-state index is 0.610. The summed E-state index contributed by atoms with van der Waals surface area (Å²) in [6, 6.07) is 5.91. The number of nitrogens with zero attached hydrogens (tertiary/aromatic N) is 1. The number of fused-ring (bicyclic) bond motifs is 1. The molecule has 1 heterocycles. The molecule has 0 aliphatic rings. The standard InChI is InChI=1S/C12H16N2O2/c1-15-10-7-9-3-5-14(6-4-13)12(9)11(8-10)16-2/h3,5,7-8H,4,6,13H2,1-2H3. The summed E-state index contributed by atoms with van der Waals surface area (Å²) in [6.07, 6.45) is 2.01. The van der Waals surface area contributed by atoms with Crippen LogP contribution in [0.3, 0.4) is 0 Å². The van der Waals surface area contributed by atoms with E-state index < -0.39 is 0 Å². The van der Waals surface area contributed by atoms with E-state index in [0.29, 0.717) is 6.54 Å². The summed E-state index contributed by atoms with van der Waals surface area (Å²) in [5, 5.41) is 1.10. The van der Waals surface area contributed by atoms with Crippen molar-refractivity contribution in [2.75, 3.05) is 20.8 Å². The van der Waals surface area contributed by atoms with Crippen molar-refractivity contribution < 1.29 is 9.47 Å². The minimum atomic E-state index is 0.610. The van der Waals surface area contributed by atoms with E-state index in [1.807, 2.05) is 24.4 Å². The van der Waals surface area contributed by atoms with Crippen LogP contribution in [0.1, 0.15) is 0 Å². The predicted octanol–water partition coefficient (Wildman–Crippen LogP) is 1.62. The third kappa shape index (κ3) is 1.72. The predicted molar refractivity (Wildman–Crippen MR) is 64.1 cm³/mol. The van der Waals surface area contributed by atoms with E-state index in [9.17, 15) is 0 Å². The molecule has 1 aromatic heterocycles. The first-order valence-corrected chi connectivity index (χ1v) is 5.21. The lowest BCUT2D eigenvalue weighted by atomic mass is 10.2. The number of hydrogen-bond donors (Lipinski definition) is 1. The van der Waals surface area contributed by atoms with Crippen LogP contribution >= 0.6 is 0 Å². The van der Waals surface area contributed by atoms with Gasteiger partial charge in [-0.25, -0.2) is 0 Å². The van der Waals surface area contributed by atoms with Gasteiger partial charge in [0.1, 0.15) is 11.5 Å². The largest absolute Gasteiger partial charge is 0.497 e. The second-order valence-electron chi connectivity index (χ2n) is 3.57. The maximum Gasteiger partial charge on any atom is 0.146 e. The molecule has 2 aromatic rings. The van der Waals surface area contributed by atoms with Crippen LogP contribution in [0, 0.1) is 0 Å². The van der Waals surface area contributed by atoms with Crippen molar-refractivity contribution in [3.63, 3.8) is 0 Å². The van der Waals surface area contributed by atoms with Crippen molar-refractivity contribution in [1.82, 2.24) is 4.57 Å². The van der Waals surface area contributed by atoms with Crippen LogP contribution in [0.5, 0.6) is 11.5 Å². The molecule has 2 N–H and O–H groups in total. The van der Waals surface area contributed by atoms with E-state index in [-0.39, 0.29) is 0 Å². The van der Waals surface area contributed by atoms with Gasteiger partial charge in [0.05, 0.1) is 19.7 Å². The lowest BCUT2D eigenvalue weighted by Gasteiger charge is -2.09. The van der Waals surface area contributed by atoms with E-state index in [1.165, 1.54) is 0 Å². The molecule has 86 valence electrons. The second kappa shape index (κ2) is 4.45. The highest BCUT2D eigenvalue weighted by Gasteiger charge is 2.09. The summed E-state index contributed by atoms with van der Waals surface area (Å²) in [6.45, 7) is 1.39. The number of rotatable bonds is 4. The Morgan fingerprint density at radius 3 is 2.69 bits per heavy atom. The lowest BCUT2D eigenvalue weighted by Crippen LogP contribution is -2.09. The van der Waals surface area contributed by atoms with Crippen LogP contribution in [0.25, 0.3) is 10.9 Å². The fraction of sp³-hybridized carbons (Fsp3) is 0.333. The molecule has 4 heteroatoms. The Kier molecular flexibility index (Phi) is 3.01. The molecule has 1 aromatic carbocycles. The number of hydrogen-bond acceptors (Lipinski definition) is 3. The van der Waals surface area contributed by atoms with Crippen molar-refractivity contribution in [2.45, 2.75) is 6.54 Å². The molecule has 0 amide bonds. The minimum Gasteiger partial charge on any atom is -0.497 e. The Morgan fingerprint density at radius 1 is 1.25 bits per heavy atom. The van der Waals surface area contributed by atoms with Crippen molar-refractivity contribution in [3.05, 3.63) is 24.4 Å². The molecule has 0 saturated carbocycles. The third-order valence-electron chi connectivity index (χ3n) is 2.62. The number of aromatic nitrogens is 1. The monoisotopic (exact) mass is 220 g/mol. The number of nitrogens with two attached hydrogens (primary N) is 1. The van der Waals surface area contributed by atoms with Crippen LogP contribution in [0.4, 0.5) is 0 Å². The Bertz CT molecular complexity index is 491. The average molecular weight is 220 g/mol. The Balaban J connectivity index is 2.62. The molecule has 0 atom stereocenters. The third-order valence-corrected chi connectivity index (χ3v) is 2.62. The highest BCUT2D eigenvalue weighted by atomic mass is 16.5. The quantitative estimate of drug-likeness (QED) is 0.851. The number of ether oxygens (including phenoxy) is 2. The lowest BCUT2D eigenvalue weighted by molar-refractivity contribution is 0.396. The fourth-order valence-corrected chi connectivity index (χ4v) is 1.88. The van der Waals surface area contributed by atoms with Gasteiger partial charge in [-0.05, 0) is 12.1 Å². The van der Waals surface area contributed by atoms with E-state index in [2.05, 4.69) is 4.57 Å². The van der Waals surface area contributed by atoms with Gasteiger partial charge in [-0.1, -0.05) is 0 Å². The van der Waals surface area contributed by atoms with Gasteiger partial charge in [0.2, 0.25) is 0 Å². The summed E-state index contributed by atoms with van der Waals surface area (Å²) in [5.41, 5.74) is 6.64. The van der Waals surface area contributed by atoms with Crippen LogP contribution < -0.4 is 15.2 Å². The molecular formula is C12H16N2O2. The molecule has 0 fully saturated rings. The first kappa shape index (κ1) is 10.8. The maximum atomic E-state index is 5.57. The molecule has 16 heavy (non-hydrogen) atoms. The van der Waals surface area contributed by atoms with E-state index in [4.69, 9.17) is 15.2 Å². The molecule has 0 saturated heterocycles. The van der Waals surface area contributed by atoms with E-state index in [0.717, 1.165) is 28.9 Å². The highest BCUT2D eigenvalue weighted by Crippen LogP contribution is 2.31. The van der Waals surface area contributed by atoms with Gasteiger partial charge in [0.25, 0.3) is 0 Å². The Hall–Kier alpha value is -1.68. The van der Waals surface area contributed by atoms with Gasteiger partial charge in [-0.3, -0.25) is 0 Å². The van der Waals surface area contributed by atoms with Crippen molar-refractivity contribution in [3.8, 4) is 11.5 Å². The van der Waals surface area contributed by atoms with Gasteiger partial charge < -0.3 is 19.8 Å². The molecule has 0 aliphatic heterocycles. The molecule has 0 radical (unpaired) electrons. The van der Waals surface area contributed by atoms with Gasteiger partial charge in [-0.2, -0.15) is 0 Å². The summed E-state index contributed by atoms with van der Waals surface area (Å²) in [5.74, 6) is 1.61. The van der Waals surface area contributed by atoms with Crippen LogP contribution in [-0.2, 0) is 6.54 Å². The normalized spacial score (nSPS) is 10.7. The zero-order valence-electron chi connectivity index (χ0n) is 9.56. The molecule has 0 bridgehead atoms. The highest BCUT2D eigenvalue weighted by molar-refractivity contribution is 5.87. The van der Waals surface area contributed by atoms with Gasteiger partial charge >= 0.3 is 0 Å². The summed E-state index contributed by atoms with van der Waals surface area (Å²) in [7, 11) is 3.31. The zero-order chi connectivity index (χ0) is 11.5. The second-order valence-corrected chi connectivity index (χ2v) is 3.57. The molecule has 0 aliphatic carbocycles. The van der Waals surface area contributed by atoms with Crippen LogP contribution in [-0.4, -0.2) is 25.3 Å². The van der Waals surface area contributed by atoms with Crippen LogP contribution in [0.2, 0.25) is 0 Å². The average Bonchev–Trinajstić information content (AvgIpc) is 2.72.